The van der Waals surface area contributed by atoms with Crippen LogP contribution in [-0.4, -0.2) is 41.6 Å². The third-order valence-electron chi connectivity index (χ3n) is 4.45. The average molecular weight is 476 g/mol. The molecule has 0 aliphatic heterocycles. The quantitative estimate of drug-likeness (QED) is 0.249. The molecule has 0 fully saturated rings. The molecule has 4 rings (SSSR count). The van der Waals surface area contributed by atoms with Crippen LogP contribution in [0.5, 0.6) is 0 Å². The van der Waals surface area contributed by atoms with E-state index in [-0.39, 0.29) is 16.6 Å². The molecule has 8 nitrogen and oxygen atoms in total. The fourth-order valence-corrected chi connectivity index (χ4v) is 5.66. The number of sulfonamides is 1. The van der Waals surface area contributed by atoms with Crippen LogP contribution in [0.3, 0.4) is 0 Å². The van der Waals surface area contributed by atoms with Gasteiger partial charge in [0.15, 0.2) is 10.3 Å². The van der Waals surface area contributed by atoms with Crippen molar-refractivity contribution in [2.45, 2.75) is 29.8 Å². The number of unbranched alkanes of at least 4 members (excludes halogenated alkanes) is 1. The van der Waals surface area contributed by atoms with E-state index in [4.69, 9.17) is 0 Å². The first kappa shape index (κ1) is 21.8. The van der Waals surface area contributed by atoms with Gasteiger partial charge in [-0.1, -0.05) is 48.6 Å². The summed E-state index contributed by atoms with van der Waals surface area (Å²) < 4.78 is 28.1. The summed E-state index contributed by atoms with van der Waals surface area (Å²) in [4.78, 5) is 24.5. The number of fused-ring (bicyclic) bond motifs is 2. The van der Waals surface area contributed by atoms with Crippen LogP contribution in [0.2, 0.25) is 0 Å². The third kappa shape index (κ3) is 5.24. The number of rotatable bonds is 9. The third-order valence-corrected chi connectivity index (χ3v) is 7.71. The Morgan fingerprint density at radius 3 is 2.81 bits per heavy atom. The molecule has 1 amide bonds. The molecule has 0 bridgehead atoms. The van der Waals surface area contributed by atoms with Gasteiger partial charge in [0.2, 0.25) is 15.9 Å². The van der Waals surface area contributed by atoms with Gasteiger partial charge in [-0.2, -0.15) is 0 Å². The molecule has 0 saturated heterocycles. The van der Waals surface area contributed by atoms with Gasteiger partial charge in [-0.25, -0.2) is 23.1 Å². The number of hydrogen-bond donors (Lipinski definition) is 3. The molecule has 0 spiro atoms. The van der Waals surface area contributed by atoms with Crippen molar-refractivity contribution in [3.63, 3.8) is 0 Å². The normalized spacial score (nSPS) is 11.9. The predicted octanol–water partition coefficient (Wildman–Crippen LogP) is 3.98. The monoisotopic (exact) mass is 475 g/mol. The van der Waals surface area contributed by atoms with Crippen molar-refractivity contribution in [1.29, 1.82) is 0 Å². The lowest BCUT2D eigenvalue weighted by Crippen LogP contribution is -2.24. The molecule has 2 heterocycles. The van der Waals surface area contributed by atoms with Crippen molar-refractivity contribution in [2.75, 3.05) is 17.6 Å². The van der Waals surface area contributed by atoms with Crippen molar-refractivity contribution < 1.29 is 13.2 Å². The highest BCUT2D eigenvalue weighted by atomic mass is 32.2. The predicted molar refractivity (Wildman–Crippen MR) is 125 cm³/mol. The van der Waals surface area contributed by atoms with Crippen molar-refractivity contribution in [1.82, 2.24) is 19.7 Å². The van der Waals surface area contributed by atoms with Crippen molar-refractivity contribution in [3.05, 3.63) is 42.5 Å². The number of amides is 1. The second-order valence-corrected chi connectivity index (χ2v) is 10.6. The smallest absolute Gasteiger partial charge is 0.240 e. The minimum atomic E-state index is -3.56. The number of aromatic amines is 1. The van der Waals surface area contributed by atoms with E-state index in [1.807, 2.05) is 31.2 Å². The maximum Gasteiger partial charge on any atom is 0.240 e. The number of thioether (sulfide) groups is 1. The van der Waals surface area contributed by atoms with Gasteiger partial charge in [-0.15, -0.1) is 0 Å². The Bertz CT molecular complexity index is 1300. The number of carbonyl (C=O) groups is 1. The van der Waals surface area contributed by atoms with Crippen LogP contribution >= 0.6 is 23.1 Å². The van der Waals surface area contributed by atoms with Crippen LogP contribution < -0.4 is 10.0 Å². The molecule has 0 atom stereocenters. The van der Waals surface area contributed by atoms with E-state index in [1.165, 1.54) is 29.2 Å². The lowest BCUT2D eigenvalue weighted by molar-refractivity contribution is -0.113. The van der Waals surface area contributed by atoms with Gasteiger partial charge < -0.3 is 10.3 Å². The maximum atomic E-state index is 12.4. The molecular formula is C20H21N5O3S3. The van der Waals surface area contributed by atoms with Gasteiger partial charge in [-0.05, 0) is 36.8 Å². The highest BCUT2D eigenvalue weighted by Crippen LogP contribution is 2.28. The Labute approximate surface area is 187 Å². The summed E-state index contributed by atoms with van der Waals surface area (Å²) in [5.41, 5.74) is 2.41. The topological polar surface area (TPSA) is 117 Å². The number of hydrogen-bond acceptors (Lipinski definition) is 7. The fourth-order valence-electron chi connectivity index (χ4n) is 2.88. The van der Waals surface area contributed by atoms with E-state index in [9.17, 15) is 13.2 Å². The summed E-state index contributed by atoms with van der Waals surface area (Å²) >= 11 is 2.55. The van der Waals surface area contributed by atoms with Crippen LogP contribution in [0.15, 0.2) is 52.5 Å². The van der Waals surface area contributed by atoms with E-state index < -0.39 is 10.0 Å². The number of nitrogens with one attached hydrogen (secondary N) is 3. The standard InChI is InChI=1S/C20H21N5O3S3/c1-2-3-10-21-31(27,28)13-8-9-16-17(11-13)30-20(24-16)25-18(26)12-29-19-22-14-6-4-5-7-15(14)23-19/h4-9,11,21H,2-3,10,12H2,1H3,(H,22,23)(H,24,25,26). The van der Waals surface area contributed by atoms with Crippen molar-refractivity contribution in [3.8, 4) is 0 Å². The molecule has 0 radical (unpaired) electrons. The van der Waals surface area contributed by atoms with Crippen LogP contribution in [0.1, 0.15) is 19.8 Å². The number of anilines is 1. The first-order valence-electron chi connectivity index (χ1n) is 9.72. The van der Waals surface area contributed by atoms with Gasteiger partial charge in [0, 0.05) is 6.54 Å². The van der Waals surface area contributed by atoms with Crippen molar-refractivity contribution in [2.24, 2.45) is 0 Å². The molecule has 2 aromatic carbocycles. The SMILES string of the molecule is CCCCNS(=O)(=O)c1ccc2nc(NC(=O)CSc3nc4ccccc4[nH]3)sc2c1. The summed E-state index contributed by atoms with van der Waals surface area (Å²) in [7, 11) is -3.56. The zero-order valence-electron chi connectivity index (χ0n) is 16.7. The van der Waals surface area contributed by atoms with Gasteiger partial charge >= 0.3 is 0 Å². The van der Waals surface area contributed by atoms with E-state index in [0.29, 0.717) is 27.0 Å². The zero-order valence-corrected chi connectivity index (χ0v) is 19.2. The first-order chi connectivity index (χ1) is 14.9. The number of thiazole rings is 1. The van der Waals surface area contributed by atoms with Gasteiger partial charge in [-0.3, -0.25) is 4.79 Å². The Balaban J connectivity index is 1.40. The molecule has 2 aromatic heterocycles. The zero-order chi connectivity index (χ0) is 21.8. The highest BCUT2D eigenvalue weighted by molar-refractivity contribution is 7.99. The first-order valence-corrected chi connectivity index (χ1v) is 13.0. The fraction of sp³-hybridized carbons (Fsp3) is 0.250. The molecule has 3 N–H and O–H groups in total. The summed E-state index contributed by atoms with van der Waals surface area (Å²) in [5, 5.41) is 3.88. The van der Waals surface area contributed by atoms with E-state index in [2.05, 4.69) is 25.0 Å². The maximum absolute atomic E-state index is 12.4. The molecule has 4 aromatic rings. The second kappa shape index (κ2) is 9.35. The molecule has 0 unspecified atom stereocenters. The summed E-state index contributed by atoms with van der Waals surface area (Å²) in [6, 6.07) is 12.4. The number of aromatic nitrogens is 3. The summed E-state index contributed by atoms with van der Waals surface area (Å²) in [6.45, 7) is 2.41. The Kier molecular flexibility index (Phi) is 6.56. The lowest BCUT2D eigenvalue weighted by atomic mass is 10.3. The molecule has 0 saturated carbocycles. The number of benzene rings is 2. The van der Waals surface area contributed by atoms with Crippen LogP contribution in [0.4, 0.5) is 5.13 Å². The number of para-hydroxylation sites is 2. The minimum absolute atomic E-state index is 0.177. The lowest BCUT2D eigenvalue weighted by Gasteiger charge is -2.05. The van der Waals surface area contributed by atoms with E-state index in [1.54, 1.807) is 12.1 Å². The number of carbonyl (C=O) groups excluding carboxylic acids is 1. The largest absolute Gasteiger partial charge is 0.333 e. The van der Waals surface area contributed by atoms with Gasteiger partial charge in [0.05, 0.1) is 31.9 Å². The second-order valence-electron chi connectivity index (χ2n) is 6.80. The average Bonchev–Trinajstić information content (AvgIpc) is 3.34. The summed E-state index contributed by atoms with van der Waals surface area (Å²) in [5.74, 6) is -0.0323. The minimum Gasteiger partial charge on any atom is -0.333 e. The number of H-pyrrole nitrogens is 1. The van der Waals surface area contributed by atoms with Gasteiger partial charge in [0.25, 0.3) is 0 Å². The van der Waals surface area contributed by atoms with Crippen LogP contribution in [-0.2, 0) is 14.8 Å². The molecule has 162 valence electrons. The van der Waals surface area contributed by atoms with Crippen molar-refractivity contribution >= 4 is 65.4 Å². The van der Waals surface area contributed by atoms with E-state index >= 15 is 0 Å². The Hall–Kier alpha value is -2.47. The van der Waals surface area contributed by atoms with Gasteiger partial charge in [0.1, 0.15) is 0 Å². The van der Waals surface area contributed by atoms with Crippen LogP contribution in [0, 0.1) is 0 Å². The number of imidazole rings is 1. The van der Waals surface area contributed by atoms with E-state index in [0.717, 1.165) is 23.9 Å². The molecule has 0 aliphatic rings. The van der Waals surface area contributed by atoms with Crippen LogP contribution in [0.25, 0.3) is 21.3 Å². The highest BCUT2D eigenvalue weighted by Gasteiger charge is 2.16. The Morgan fingerprint density at radius 2 is 2.00 bits per heavy atom. The summed E-state index contributed by atoms with van der Waals surface area (Å²) in [6.07, 6.45) is 1.69. The Morgan fingerprint density at radius 1 is 1.16 bits per heavy atom. The molecule has 0 aliphatic carbocycles. The molecule has 11 heteroatoms. The molecular weight excluding hydrogens is 454 g/mol. The number of nitrogens with zero attached hydrogens (tertiary/aromatic N) is 2. The molecule has 31 heavy (non-hydrogen) atoms.